The lowest BCUT2D eigenvalue weighted by Crippen LogP contribution is -2.30. The third-order valence-corrected chi connectivity index (χ3v) is 12.9. The minimum atomic E-state index is -4.77. The summed E-state index contributed by atoms with van der Waals surface area (Å²) in [5.74, 6) is -1.53. The number of carbonyl (C=O) groups is 3. The molecule has 0 rings (SSSR count). The second-order valence-corrected chi connectivity index (χ2v) is 20.5. The molecule has 0 aliphatic carbocycles. The molecule has 3 unspecified atom stereocenters. The number of aliphatic hydroxyl groups is 1. The first kappa shape index (κ1) is 70.4. The molecule has 2 N–H and O–H groups in total. The average molecular weight is 1060 g/mol. The van der Waals surface area contributed by atoms with Crippen molar-refractivity contribution in [3.05, 3.63) is 97.2 Å². The van der Waals surface area contributed by atoms with Gasteiger partial charge < -0.3 is 24.2 Å². The van der Waals surface area contributed by atoms with Gasteiger partial charge in [0.1, 0.15) is 12.7 Å². The third kappa shape index (κ3) is 53.2. The quantitative estimate of drug-likeness (QED) is 0.0197. The summed E-state index contributed by atoms with van der Waals surface area (Å²) in [7, 11) is -4.77. The molecule has 0 radical (unpaired) electrons. The lowest BCUT2D eigenvalue weighted by atomic mass is 10.1. The Morgan fingerprint density at radius 3 is 1.09 bits per heavy atom. The van der Waals surface area contributed by atoms with Crippen LogP contribution in [0.25, 0.3) is 0 Å². The molecule has 424 valence electrons. The highest BCUT2D eigenvalue weighted by Gasteiger charge is 2.28. The molecule has 0 spiro atoms. The molecule has 0 aliphatic heterocycles. The van der Waals surface area contributed by atoms with Crippen LogP contribution in [0.4, 0.5) is 0 Å². The summed E-state index contributed by atoms with van der Waals surface area (Å²) < 4.78 is 39.5. The van der Waals surface area contributed by atoms with Crippen molar-refractivity contribution in [2.75, 3.05) is 26.4 Å². The Labute approximate surface area is 451 Å². The topological polar surface area (TPSA) is 155 Å². The van der Waals surface area contributed by atoms with Gasteiger partial charge in [-0.3, -0.25) is 23.4 Å². The van der Waals surface area contributed by atoms with E-state index in [2.05, 4.69) is 118 Å². The van der Waals surface area contributed by atoms with Crippen LogP contribution < -0.4 is 0 Å². The van der Waals surface area contributed by atoms with Gasteiger partial charge in [0.2, 0.25) is 0 Å². The molecule has 11 nitrogen and oxygen atoms in total. The molecule has 3 atom stereocenters. The maximum absolute atomic E-state index is 12.9. The number of allylic oxidation sites excluding steroid dienone is 16. The van der Waals surface area contributed by atoms with Gasteiger partial charge in [0.25, 0.3) is 0 Å². The van der Waals surface area contributed by atoms with Crippen molar-refractivity contribution in [1.29, 1.82) is 0 Å². The summed E-state index contributed by atoms with van der Waals surface area (Å²) in [4.78, 5) is 48.5. The normalized spacial score (nSPS) is 14.1. The number of phosphoric acid groups is 1. The summed E-state index contributed by atoms with van der Waals surface area (Å²) >= 11 is 0. The van der Waals surface area contributed by atoms with Gasteiger partial charge in [0, 0.05) is 19.3 Å². The largest absolute Gasteiger partial charge is 0.472 e. The molecule has 0 heterocycles. The molecule has 0 aliphatic rings. The first-order valence-corrected chi connectivity index (χ1v) is 30.6. The molecule has 0 aromatic rings. The van der Waals surface area contributed by atoms with Gasteiger partial charge in [-0.2, -0.15) is 0 Å². The van der Waals surface area contributed by atoms with E-state index in [0.29, 0.717) is 19.3 Å². The fourth-order valence-corrected chi connectivity index (χ4v) is 8.31. The van der Waals surface area contributed by atoms with Crippen LogP contribution >= 0.6 is 7.82 Å². The number of hydrogen-bond acceptors (Lipinski definition) is 10. The van der Waals surface area contributed by atoms with Crippen LogP contribution in [-0.4, -0.2) is 66.5 Å². The van der Waals surface area contributed by atoms with Crippen molar-refractivity contribution >= 4 is 25.7 Å². The van der Waals surface area contributed by atoms with Crippen LogP contribution in [0.5, 0.6) is 0 Å². The molecular formula is C62H105O11P. The van der Waals surface area contributed by atoms with Crippen molar-refractivity contribution < 1.29 is 52.2 Å². The van der Waals surface area contributed by atoms with Gasteiger partial charge in [0.05, 0.1) is 19.8 Å². The molecule has 0 fully saturated rings. The third-order valence-electron chi connectivity index (χ3n) is 12.0. The van der Waals surface area contributed by atoms with Crippen molar-refractivity contribution in [2.24, 2.45) is 0 Å². The highest BCUT2D eigenvalue weighted by Crippen LogP contribution is 2.43. The van der Waals surface area contributed by atoms with E-state index in [0.717, 1.165) is 135 Å². The summed E-state index contributed by atoms with van der Waals surface area (Å²) in [5, 5.41) is 9.80. The summed E-state index contributed by atoms with van der Waals surface area (Å²) in [6.07, 6.45) is 65.0. The highest BCUT2D eigenvalue weighted by molar-refractivity contribution is 7.47. The van der Waals surface area contributed by atoms with Gasteiger partial charge in [-0.15, -0.1) is 0 Å². The van der Waals surface area contributed by atoms with Gasteiger partial charge >= 0.3 is 25.7 Å². The van der Waals surface area contributed by atoms with E-state index < -0.39 is 57.8 Å². The predicted molar refractivity (Wildman–Crippen MR) is 307 cm³/mol. The van der Waals surface area contributed by atoms with Crippen LogP contribution in [-0.2, 0) is 42.2 Å². The molecule has 0 saturated heterocycles. The second kappa shape index (κ2) is 55.6. The predicted octanol–water partition coefficient (Wildman–Crippen LogP) is 17.3. The maximum atomic E-state index is 12.9. The van der Waals surface area contributed by atoms with Crippen LogP contribution in [0.2, 0.25) is 0 Å². The molecule has 74 heavy (non-hydrogen) atoms. The zero-order valence-corrected chi connectivity index (χ0v) is 47.7. The number of phosphoric ester groups is 1. The summed E-state index contributed by atoms with van der Waals surface area (Å²) in [6, 6.07) is 0. The van der Waals surface area contributed by atoms with E-state index >= 15 is 0 Å². The van der Waals surface area contributed by atoms with E-state index in [1.807, 2.05) is 0 Å². The SMILES string of the molecule is CC/C=C\C/C=C\C/C=C\CCCCCC(=O)OC(CO)COP(=O)(O)OCC(COC(=O)CCCCCCC/C=C\C/C=C\CCCCC)OC(=O)CCCCCCCC/C=C\C/C=C\C/C=C\CCCCC. The number of ether oxygens (including phenoxy) is 3. The lowest BCUT2D eigenvalue weighted by molar-refractivity contribution is -0.161. The van der Waals surface area contributed by atoms with E-state index in [-0.39, 0.29) is 25.9 Å². The Balaban J connectivity index is 4.81. The first-order chi connectivity index (χ1) is 36.2. The number of unbranched alkanes of at least 4 members (excludes halogenated alkanes) is 20. The van der Waals surface area contributed by atoms with E-state index in [9.17, 15) is 28.9 Å². The van der Waals surface area contributed by atoms with E-state index in [4.69, 9.17) is 23.3 Å². The van der Waals surface area contributed by atoms with Crippen LogP contribution in [0, 0.1) is 0 Å². The fraction of sp³-hybridized carbons (Fsp3) is 0.694. The molecule has 0 bridgehead atoms. The van der Waals surface area contributed by atoms with Crippen molar-refractivity contribution in [3.63, 3.8) is 0 Å². The van der Waals surface area contributed by atoms with Gasteiger partial charge in [-0.25, -0.2) is 4.57 Å². The van der Waals surface area contributed by atoms with Crippen molar-refractivity contribution in [2.45, 2.75) is 251 Å². The molecule has 0 aromatic heterocycles. The van der Waals surface area contributed by atoms with Crippen LogP contribution in [0.1, 0.15) is 239 Å². The number of aliphatic hydroxyl groups excluding tert-OH is 1. The molecule has 0 amide bonds. The smallest absolute Gasteiger partial charge is 0.462 e. The fourth-order valence-electron chi connectivity index (χ4n) is 7.52. The number of rotatable bonds is 53. The van der Waals surface area contributed by atoms with E-state index in [1.165, 1.54) is 44.9 Å². The Kier molecular flexibility index (Phi) is 52.9. The minimum absolute atomic E-state index is 0.136. The average Bonchev–Trinajstić information content (AvgIpc) is 3.39. The number of carbonyl (C=O) groups excluding carboxylic acids is 3. The Morgan fingerprint density at radius 2 is 0.703 bits per heavy atom. The Bertz CT molecular complexity index is 1610. The Hall–Kier alpha value is -3.60. The molecule has 0 aromatic carbocycles. The highest BCUT2D eigenvalue weighted by atomic mass is 31.2. The van der Waals surface area contributed by atoms with Crippen LogP contribution in [0.15, 0.2) is 97.2 Å². The summed E-state index contributed by atoms with van der Waals surface area (Å²) in [6.45, 7) is 4.41. The molecular weight excluding hydrogens is 952 g/mol. The second-order valence-electron chi connectivity index (χ2n) is 19.1. The van der Waals surface area contributed by atoms with Gasteiger partial charge in [-0.05, 0) is 122 Å². The zero-order chi connectivity index (χ0) is 54.1. The van der Waals surface area contributed by atoms with Crippen molar-refractivity contribution in [3.8, 4) is 0 Å². The lowest BCUT2D eigenvalue weighted by Gasteiger charge is -2.21. The minimum Gasteiger partial charge on any atom is -0.462 e. The van der Waals surface area contributed by atoms with Gasteiger partial charge in [-0.1, -0.05) is 195 Å². The first-order valence-electron chi connectivity index (χ1n) is 29.1. The van der Waals surface area contributed by atoms with E-state index in [1.54, 1.807) is 0 Å². The maximum Gasteiger partial charge on any atom is 0.472 e. The molecule has 0 saturated carbocycles. The Morgan fingerprint density at radius 1 is 0.392 bits per heavy atom. The molecule has 12 heteroatoms. The van der Waals surface area contributed by atoms with Crippen LogP contribution in [0.3, 0.4) is 0 Å². The number of esters is 3. The monoisotopic (exact) mass is 1060 g/mol. The van der Waals surface area contributed by atoms with Gasteiger partial charge in [0.15, 0.2) is 6.10 Å². The standard InChI is InChI=1S/C62H105O11P/c1-4-7-10-13-16-19-22-25-27-28-29-30-32-35-38-41-44-47-50-53-62(66)73-59(55-69-60(64)51-48-45-42-39-36-34-31-26-23-20-17-14-11-8-5-2)57-71-74(67,68)70-56-58(54-63)72-61(65)52-49-46-43-40-37-33-24-21-18-15-12-9-6-3/h9,12,16-21,25-27,29-31,33,37,58-59,63H,4-8,10-11,13-15,22-24,28,32,34-36,38-57H2,1-3H3,(H,67,68)/b12-9-,19-16-,20-17-,21-18-,27-25-,30-29-,31-26-,37-33-. The zero-order valence-electron chi connectivity index (χ0n) is 46.8. The van der Waals surface area contributed by atoms with Crippen molar-refractivity contribution in [1.82, 2.24) is 0 Å². The summed E-state index contributed by atoms with van der Waals surface area (Å²) in [5.41, 5.74) is 0. The number of hydrogen-bond donors (Lipinski definition) is 2.